The van der Waals surface area contributed by atoms with E-state index in [-0.39, 0.29) is 18.1 Å². The third-order valence-electron chi connectivity index (χ3n) is 4.86. The van der Waals surface area contributed by atoms with E-state index in [9.17, 15) is 32.3 Å². The quantitative estimate of drug-likeness (QED) is 0.509. The Kier molecular flexibility index (Phi) is 7.80. The summed E-state index contributed by atoms with van der Waals surface area (Å²) in [6.07, 6.45) is -5.55. The van der Waals surface area contributed by atoms with Gasteiger partial charge >= 0.3 is 6.18 Å². The molecule has 0 saturated heterocycles. The van der Waals surface area contributed by atoms with Crippen molar-refractivity contribution in [3.05, 3.63) is 82.6 Å². The number of carbonyl (C=O) groups excluding carboxylic acids is 3. The number of anilines is 1. The monoisotopic (exact) mass is 486 g/mol. The Morgan fingerprint density at radius 1 is 1.00 bits per heavy atom. The second-order valence-electron chi connectivity index (χ2n) is 7.61. The van der Waals surface area contributed by atoms with E-state index < -0.39 is 41.9 Å². The fourth-order valence-electron chi connectivity index (χ4n) is 3.35. The van der Waals surface area contributed by atoms with Gasteiger partial charge in [-0.1, -0.05) is 60.7 Å². The smallest absolute Gasteiger partial charge is 0.344 e. The summed E-state index contributed by atoms with van der Waals surface area (Å²) in [4.78, 5) is 53.1. The lowest BCUT2D eigenvalue weighted by Gasteiger charge is -2.20. The van der Waals surface area contributed by atoms with E-state index in [0.717, 1.165) is 10.6 Å². The van der Waals surface area contributed by atoms with Gasteiger partial charge in [0, 0.05) is 25.0 Å². The SMILES string of the molecule is CC(=O)Nc1cc(=O)n(CC(=O)NC(Cc2ccccc2)C(=O)C(F)(F)F)c(-c2ccccc2)n1. The van der Waals surface area contributed by atoms with Gasteiger partial charge < -0.3 is 10.6 Å². The lowest BCUT2D eigenvalue weighted by atomic mass is 10.0. The minimum Gasteiger partial charge on any atom is -0.344 e. The maximum atomic E-state index is 13.2. The molecule has 0 radical (unpaired) electrons. The number of Topliss-reactive ketones (excluding diaryl/α,β-unsaturated/α-hetero) is 1. The topological polar surface area (TPSA) is 110 Å². The number of carbonyl (C=O) groups is 3. The zero-order chi connectivity index (χ0) is 25.6. The molecule has 1 atom stereocenters. The first-order valence-corrected chi connectivity index (χ1v) is 10.4. The number of halogens is 3. The summed E-state index contributed by atoms with van der Waals surface area (Å²) in [5.74, 6) is -3.60. The highest BCUT2D eigenvalue weighted by atomic mass is 19.4. The first-order chi connectivity index (χ1) is 16.5. The lowest BCUT2D eigenvalue weighted by molar-refractivity contribution is -0.173. The highest BCUT2D eigenvalue weighted by Gasteiger charge is 2.43. The number of nitrogens with zero attached hydrogens (tertiary/aromatic N) is 2. The molecule has 0 bridgehead atoms. The minimum absolute atomic E-state index is 0.0127. The number of rotatable bonds is 8. The van der Waals surface area contributed by atoms with Crippen LogP contribution in [0.1, 0.15) is 12.5 Å². The number of hydrogen-bond donors (Lipinski definition) is 2. The molecule has 3 aromatic rings. The van der Waals surface area contributed by atoms with Crippen LogP contribution in [0, 0.1) is 0 Å². The largest absolute Gasteiger partial charge is 0.452 e. The summed E-state index contributed by atoms with van der Waals surface area (Å²) >= 11 is 0. The average molecular weight is 486 g/mol. The van der Waals surface area contributed by atoms with E-state index in [2.05, 4.69) is 15.6 Å². The zero-order valence-corrected chi connectivity index (χ0v) is 18.5. The third kappa shape index (κ3) is 6.85. The van der Waals surface area contributed by atoms with Crippen molar-refractivity contribution in [2.24, 2.45) is 0 Å². The second-order valence-corrected chi connectivity index (χ2v) is 7.61. The van der Waals surface area contributed by atoms with Gasteiger partial charge in [0.1, 0.15) is 24.2 Å². The highest BCUT2D eigenvalue weighted by molar-refractivity contribution is 5.93. The van der Waals surface area contributed by atoms with Gasteiger partial charge in [-0.2, -0.15) is 13.2 Å². The minimum atomic E-state index is -5.17. The van der Waals surface area contributed by atoms with Gasteiger partial charge in [0.2, 0.25) is 11.8 Å². The van der Waals surface area contributed by atoms with Crippen molar-refractivity contribution in [3.63, 3.8) is 0 Å². The van der Waals surface area contributed by atoms with Crippen LogP contribution in [-0.2, 0) is 27.3 Å². The Hall–Kier alpha value is -4.28. The molecule has 0 aliphatic carbocycles. The number of nitrogens with one attached hydrogen (secondary N) is 2. The molecule has 0 spiro atoms. The summed E-state index contributed by atoms with van der Waals surface area (Å²) < 4.78 is 40.5. The Balaban J connectivity index is 1.92. The molecule has 0 fully saturated rings. The predicted octanol–water partition coefficient (Wildman–Crippen LogP) is 2.73. The van der Waals surface area contributed by atoms with Crippen LogP contribution in [0.5, 0.6) is 0 Å². The number of benzene rings is 2. The van der Waals surface area contributed by atoms with Gasteiger partial charge in [-0.15, -0.1) is 0 Å². The summed E-state index contributed by atoms with van der Waals surface area (Å²) in [6, 6.07) is 15.3. The highest BCUT2D eigenvalue weighted by Crippen LogP contribution is 2.21. The third-order valence-corrected chi connectivity index (χ3v) is 4.86. The van der Waals surface area contributed by atoms with E-state index in [1.807, 2.05) is 0 Å². The molecule has 1 unspecified atom stereocenters. The van der Waals surface area contributed by atoms with Crippen LogP contribution in [0.15, 0.2) is 71.5 Å². The van der Waals surface area contributed by atoms with Crippen molar-refractivity contribution in [1.82, 2.24) is 14.9 Å². The van der Waals surface area contributed by atoms with Crippen LogP contribution in [0.25, 0.3) is 11.4 Å². The second kappa shape index (κ2) is 10.8. The molecule has 1 aromatic heterocycles. The van der Waals surface area contributed by atoms with Crippen molar-refractivity contribution in [1.29, 1.82) is 0 Å². The summed E-state index contributed by atoms with van der Waals surface area (Å²) in [7, 11) is 0. The van der Waals surface area contributed by atoms with Crippen LogP contribution in [0.4, 0.5) is 19.0 Å². The Morgan fingerprint density at radius 2 is 1.60 bits per heavy atom. The molecule has 0 aliphatic heterocycles. The molecular formula is C24H21F3N4O4. The van der Waals surface area contributed by atoms with Crippen molar-refractivity contribution in [2.45, 2.75) is 32.1 Å². The van der Waals surface area contributed by atoms with E-state index in [1.54, 1.807) is 48.5 Å². The first-order valence-electron chi connectivity index (χ1n) is 10.4. The average Bonchev–Trinajstić information content (AvgIpc) is 2.80. The van der Waals surface area contributed by atoms with E-state index in [4.69, 9.17) is 0 Å². The molecule has 0 aliphatic rings. The van der Waals surface area contributed by atoms with Crippen molar-refractivity contribution < 1.29 is 27.6 Å². The molecule has 0 saturated carbocycles. The van der Waals surface area contributed by atoms with Crippen LogP contribution >= 0.6 is 0 Å². The van der Waals surface area contributed by atoms with E-state index in [1.165, 1.54) is 19.1 Å². The number of amides is 2. The van der Waals surface area contributed by atoms with Gasteiger partial charge in [0.15, 0.2) is 0 Å². The Morgan fingerprint density at radius 3 is 2.17 bits per heavy atom. The van der Waals surface area contributed by atoms with Gasteiger partial charge in [0.25, 0.3) is 11.3 Å². The molecule has 182 valence electrons. The first kappa shape index (κ1) is 25.3. The maximum absolute atomic E-state index is 13.2. The lowest BCUT2D eigenvalue weighted by Crippen LogP contribution is -2.49. The molecule has 2 amide bonds. The summed E-state index contributed by atoms with van der Waals surface area (Å²) in [5, 5.41) is 4.50. The molecular weight excluding hydrogens is 465 g/mol. The molecule has 35 heavy (non-hydrogen) atoms. The van der Waals surface area contributed by atoms with Crippen LogP contribution in [0.3, 0.4) is 0 Å². The molecule has 8 nitrogen and oxygen atoms in total. The van der Waals surface area contributed by atoms with Crippen LogP contribution in [0.2, 0.25) is 0 Å². The number of aromatic nitrogens is 2. The molecule has 11 heteroatoms. The fourth-order valence-corrected chi connectivity index (χ4v) is 3.35. The van der Waals surface area contributed by atoms with Gasteiger partial charge in [0.05, 0.1) is 0 Å². The molecule has 3 rings (SSSR count). The zero-order valence-electron chi connectivity index (χ0n) is 18.5. The van der Waals surface area contributed by atoms with Crippen molar-refractivity contribution >= 4 is 23.4 Å². The van der Waals surface area contributed by atoms with Gasteiger partial charge in [-0.3, -0.25) is 23.7 Å². The number of alkyl halides is 3. The number of ketones is 1. The summed E-state index contributed by atoms with van der Waals surface area (Å²) in [5.41, 5.74) is 0.121. The van der Waals surface area contributed by atoms with E-state index in [0.29, 0.717) is 11.1 Å². The van der Waals surface area contributed by atoms with Crippen molar-refractivity contribution in [3.8, 4) is 11.4 Å². The van der Waals surface area contributed by atoms with Crippen molar-refractivity contribution in [2.75, 3.05) is 5.32 Å². The standard InChI is InChI=1S/C24H21F3N4O4/c1-15(32)28-19-13-21(34)31(23(30-19)17-10-6-3-7-11-17)14-20(33)29-18(22(35)24(25,26)27)12-16-8-4-2-5-9-16/h2-11,13,18H,12,14H2,1H3,(H,28,32)(H,29,33). The summed E-state index contributed by atoms with van der Waals surface area (Å²) in [6.45, 7) is 0.528. The molecule has 2 N–H and O–H groups in total. The normalized spacial score (nSPS) is 12.0. The van der Waals surface area contributed by atoms with Gasteiger partial charge in [-0.05, 0) is 5.56 Å². The van der Waals surface area contributed by atoms with Gasteiger partial charge in [-0.25, -0.2) is 4.98 Å². The van der Waals surface area contributed by atoms with Crippen LogP contribution in [-0.4, -0.2) is 39.4 Å². The number of hydrogen-bond acceptors (Lipinski definition) is 5. The predicted molar refractivity (Wildman–Crippen MR) is 121 cm³/mol. The van der Waals surface area contributed by atoms with Crippen LogP contribution < -0.4 is 16.2 Å². The fraction of sp³-hybridized carbons (Fsp3) is 0.208. The van der Waals surface area contributed by atoms with E-state index >= 15 is 0 Å². The maximum Gasteiger partial charge on any atom is 0.452 e. The molecule has 2 aromatic carbocycles. The molecule has 1 heterocycles. The Bertz CT molecular complexity index is 1280. The Labute approximate surface area is 197 Å².